The van der Waals surface area contributed by atoms with Crippen molar-refractivity contribution in [1.82, 2.24) is 9.97 Å². The molecule has 2 N–H and O–H groups in total. The van der Waals surface area contributed by atoms with Crippen LogP contribution in [0.1, 0.15) is 21.7 Å². The lowest BCUT2D eigenvalue weighted by Gasteiger charge is -2.28. The van der Waals surface area contributed by atoms with Crippen molar-refractivity contribution in [3.8, 4) is 0 Å². The van der Waals surface area contributed by atoms with Gasteiger partial charge in [-0.3, -0.25) is 4.79 Å². The van der Waals surface area contributed by atoms with Crippen LogP contribution in [0, 0.1) is 6.92 Å². The first-order valence-corrected chi connectivity index (χ1v) is 10.3. The van der Waals surface area contributed by atoms with E-state index in [-0.39, 0.29) is 0 Å². The minimum atomic E-state index is -4.61. The fourth-order valence-electron chi connectivity index (χ4n) is 3.48. The maximum absolute atomic E-state index is 13.2. The first-order chi connectivity index (χ1) is 15.8. The summed E-state index contributed by atoms with van der Waals surface area (Å²) in [6.45, 7) is 4.61. The van der Waals surface area contributed by atoms with Gasteiger partial charge in [0.15, 0.2) is 0 Å². The van der Waals surface area contributed by atoms with Crippen LogP contribution >= 0.6 is 0 Å². The Morgan fingerprint density at radius 2 is 1.67 bits per heavy atom. The van der Waals surface area contributed by atoms with E-state index in [1.165, 1.54) is 12.1 Å². The summed E-state index contributed by atoms with van der Waals surface area (Å²) in [5, 5.41) is 5.71. The molecule has 2 heterocycles. The van der Waals surface area contributed by atoms with Gasteiger partial charge in [-0.25, -0.2) is 9.97 Å². The Hall–Kier alpha value is -3.66. The van der Waals surface area contributed by atoms with E-state index in [0.717, 1.165) is 31.0 Å². The molecule has 0 aliphatic carbocycles. The number of alkyl halides is 3. The van der Waals surface area contributed by atoms with Crippen LogP contribution in [-0.2, 0) is 10.9 Å². The number of carbonyl (C=O) groups excluding carboxylic acids is 1. The number of benzene rings is 2. The summed E-state index contributed by atoms with van der Waals surface area (Å²) in [6.07, 6.45) is -4.61. The summed E-state index contributed by atoms with van der Waals surface area (Å²) < 4.78 is 44.9. The van der Waals surface area contributed by atoms with E-state index in [1.807, 2.05) is 13.0 Å². The van der Waals surface area contributed by atoms with E-state index in [1.54, 1.807) is 24.3 Å². The van der Waals surface area contributed by atoms with Crippen molar-refractivity contribution in [2.24, 2.45) is 0 Å². The molecule has 1 amide bonds. The molecule has 1 aromatic heterocycles. The third-order valence-electron chi connectivity index (χ3n) is 5.05. The first-order valence-electron chi connectivity index (χ1n) is 10.3. The lowest BCUT2D eigenvalue weighted by Crippen LogP contribution is -2.36. The summed E-state index contributed by atoms with van der Waals surface area (Å²) in [4.78, 5) is 23.5. The maximum Gasteiger partial charge on any atom is 0.417 e. The Balaban J connectivity index is 1.45. The highest BCUT2D eigenvalue weighted by Crippen LogP contribution is 2.32. The molecule has 1 saturated heterocycles. The van der Waals surface area contributed by atoms with Crippen molar-refractivity contribution in [2.75, 3.05) is 41.8 Å². The average Bonchev–Trinajstić information content (AvgIpc) is 2.80. The largest absolute Gasteiger partial charge is 0.417 e. The van der Waals surface area contributed by atoms with Gasteiger partial charge in [-0.2, -0.15) is 13.2 Å². The summed E-state index contributed by atoms with van der Waals surface area (Å²) in [5.74, 6) is 1.21. The average molecular weight is 457 g/mol. The van der Waals surface area contributed by atoms with Gasteiger partial charge in [0, 0.05) is 30.5 Å². The molecule has 10 heteroatoms. The molecule has 3 aromatic rings. The highest BCUT2D eigenvalue weighted by Gasteiger charge is 2.34. The van der Waals surface area contributed by atoms with Gasteiger partial charge in [0.1, 0.15) is 17.5 Å². The zero-order chi connectivity index (χ0) is 23.4. The molecule has 33 heavy (non-hydrogen) atoms. The minimum absolute atomic E-state index is 0.371. The number of nitrogens with one attached hydrogen (secondary N) is 2. The molecule has 0 saturated carbocycles. The van der Waals surface area contributed by atoms with Crippen LogP contribution in [0.5, 0.6) is 0 Å². The van der Waals surface area contributed by atoms with Gasteiger partial charge < -0.3 is 20.3 Å². The molecular formula is C23H22F3N5O2. The fourth-order valence-corrected chi connectivity index (χ4v) is 3.48. The molecular weight excluding hydrogens is 435 g/mol. The molecule has 1 aliphatic heterocycles. The summed E-state index contributed by atoms with van der Waals surface area (Å²) in [5.41, 5.74) is -0.333. The number of ether oxygens (including phenoxy) is 1. The number of carbonyl (C=O) groups is 1. The molecule has 1 fully saturated rings. The number of halogens is 3. The monoisotopic (exact) mass is 457 g/mol. The Labute approximate surface area is 188 Å². The van der Waals surface area contributed by atoms with Crippen LogP contribution in [0.15, 0.2) is 54.6 Å². The van der Waals surface area contributed by atoms with Crippen molar-refractivity contribution in [1.29, 1.82) is 0 Å². The molecule has 0 bridgehead atoms. The van der Waals surface area contributed by atoms with Gasteiger partial charge in [-0.15, -0.1) is 0 Å². The van der Waals surface area contributed by atoms with Crippen LogP contribution in [0.3, 0.4) is 0 Å². The van der Waals surface area contributed by atoms with Crippen LogP contribution in [0.25, 0.3) is 0 Å². The van der Waals surface area contributed by atoms with Crippen LogP contribution in [-0.4, -0.2) is 42.2 Å². The SMILES string of the molecule is Cc1nc(Nc2ccc(NC(=O)c3ccccc3C(F)(F)F)cc2)cc(N2CCOCC2)n1. The highest BCUT2D eigenvalue weighted by molar-refractivity contribution is 6.05. The number of rotatable bonds is 5. The predicted molar refractivity (Wildman–Crippen MR) is 119 cm³/mol. The topological polar surface area (TPSA) is 79.4 Å². The quantitative estimate of drug-likeness (QED) is 0.581. The third-order valence-corrected chi connectivity index (χ3v) is 5.05. The molecule has 2 aromatic carbocycles. The summed E-state index contributed by atoms with van der Waals surface area (Å²) >= 11 is 0. The van der Waals surface area contributed by atoms with E-state index in [2.05, 4.69) is 25.5 Å². The van der Waals surface area contributed by atoms with Gasteiger partial charge in [0.05, 0.1) is 24.3 Å². The Bertz CT molecular complexity index is 1130. The number of hydrogen-bond donors (Lipinski definition) is 2. The molecule has 1 aliphatic rings. The molecule has 0 spiro atoms. The number of anilines is 4. The second-order valence-corrected chi connectivity index (χ2v) is 7.46. The van der Waals surface area contributed by atoms with Crippen molar-refractivity contribution in [3.63, 3.8) is 0 Å². The molecule has 0 atom stereocenters. The smallest absolute Gasteiger partial charge is 0.378 e. The third kappa shape index (κ3) is 5.58. The molecule has 7 nitrogen and oxygen atoms in total. The lowest BCUT2D eigenvalue weighted by molar-refractivity contribution is -0.137. The Morgan fingerprint density at radius 3 is 2.36 bits per heavy atom. The maximum atomic E-state index is 13.2. The van der Waals surface area contributed by atoms with E-state index in [0.29, 0.717) is 36.2 Å². The van der Waals surface area contributed by atoms with Crippen LogP contribution in [0.2, 0.25) is 0 Å². The van der Waals surface area contributed by atoms with Gasteiger partial charge in [0.25, 0.3) is 5.91 Å². The van der Waals surface area contributed by atoms with E-state index in [9.17, 15) is 18.0 Å². The number of nitrogens with zero attached hydrogens (tertiary/aromatic N) is 3. The number of morpholine rings is 1. The van der Waals surface area contributed by atoms with E-state index >= 15 is 0 Å². The second kappa shape index (κ2) is 9.45. The number of amides is 1. The van der Waals surface area contributed by atoms with Gasteiger partial charge in [-0.05, 0) is 43.3 Å². The molecule has 172 valence electrons. The Kier molecular flexibility index (Phi) is 6.45. The highest BCUT2D eigenvalue weighted by atomic mass is 19.4. The van der Waals surface area contributed by atoms with Crippen molar-refractivity contribution in [3.05, 3.63) is 71.5 Å². The zero-order valence-electron chi connectivity index (χ0n) is 17.8. The van der Waals surface area contributed by atoms with Crippen LogP contribution < -0.4 is 15.5 Å². The number of hydrogen-bond acceptors (Lipinski definition) is 6. The zero-order valence-corrected chi connectivity index (χ0v) is 17.8. The molecule has 0 unspecified atom stereocenters. The normalized spacial score (nSPS) is 14.1. The number of aromatic nitrogens is 2. The second-order valence-electron chi connectivity index (χ2n) is 7.46. The molecule has 4 rings (SSSR count). The van der Waals surface area contributed by atoms with Crippen molar-refractivity contribution >= 4 is 28.9 Å². The van der Waals surface area contributed by atoms with Crippen LogP contribution in [0.4, 0.5) is 36.2 Å². The van der Waals surface area contributed by atoms with Crippen molar-refractivity contribution < 1.29 is 22.7 Å². The van der Waals surface area contributed by atoms with Gasteiger partial charge in [0.2, 0.25) is 0 Å². The molecule has 0 radical (unpaired) electrons. The lowest BCUT2D eigenvalue weighted by atomic mass is 10.1. The predicted octanol–water partition coefficient (Wildman–Crippen LogP) is 4.64. The summed E-state index contributed by atoms with van der Waals surface area (Å²) in [6, 6.07) is 13.1. The number of aryl methyl sites for hydroxylation is 1. The van der Waals surface area contributed by atoms with Crippen molar-refractivity contribution in [2.45, 2.75) is 13.1 Å². The van der Waals surface area contributed by atoms with E-state index < -0.39 is 23.2 Å². The van der Waals surface area contributed by atoms with E-state index in [4.69, 9.17) is 4.74 Å². The fraction of sp³-hybridized carbons (Fsp3) is 0.261. The van der Waals surface area contributed by atoms with Gasteiger partial charge >= 0.3 is 6.18 Å². The Morgan fingerprint density at radius 1 is 1.00 bits per heavy atom. The minimum Gasteiger partial charge on any atom is -0.378 e. The standard InChI is InChI=1S/C23H22F3N5O2/c1-15-27-20(14-21(28-15)31-10-12-33-13-11-31)29-16-6-8-17(9-7-16)30-22(32)18-4-2-3-5-19(18)23(24,25)26/h2-9,14H,10-13H2,1H3,(H,30,32)(H,27,28,29). The van der Waals surface area contributed by atoms with Gasteiger partial charge in [-0.1, -0.05) is 12.1 Å². The first kappa shape index (κ1) is 22.5. The summed E-state index contributed by atoms with van der Waals surface area (Å²) in [7, 11) is 0.